The summed E-state index contributed by atoms with van der Waals surface area (Å²) in [5.41, 5.74) is -1.61. The Morgan fingerprint density at radius 3 is 2.12 bits per heavy atom. The number of fused-ring (bicyclic) bond motifs is 1. The van der Waals surface area contributed by atoms with E-state index in [1.807, 2.05) is 13.8 Å². The molecule has 0 bridgehead atoms. The van der Waals surface area contributed by atoms with Crippen LogP contribution in [0.2, 0.25) is 0 Å². The summed E-state index contributed by atoms with van der Waals surface area (Å²) in [6.45, 7) is 13.9. The average Bonchev–Trinajstić information content (AvgIpc) is 3.80. The number of ketones is 1. The number of Topliss-reactive ketones (excluding diaryl/α,β-unsaturated/α-hetero) is 1. The monoisotopic (exact) mass is 782 g/mol. The summed E-state index contributed by atoms with van der Waals surface area (Å²) in [5, 5.41) is 10.6. The van der Waals surface area contributed by atoms with Crippen LogP contribution in [0.3, 0.4) is 0 Å². The molecule has 4 N–H and O–H groups in total. The molecule has 2 saturated heterocycles. The predicted octanol–water partition coefficient (Wildman–Crippen LogP) is 3.02. The van der Waals surface area contributed by atoms with Gasteiger partial charge in [0.05, 0.1) is 24.3 Å². The number of amides is 6. The van der Waals surface area contributed by atoms with E-state index in [4.69, 9.17) is 9.47 Å². The van der Waals surface area contributed by atoms with E-state index in [1.54, 1.807) is 86.0 Å². The van der Waals surface area contributed by atoms with E-state index in [1.165, 1.54) is 9.80 Å². The van der Waals surface area contributed by atoms with Crippen LogP contribution in [0.25, 0.3) is 0 Å². The zero-order valence-corrected chi connectivity index (χ0v) is 34.7. The maximum Gasteiger partial charge on any atom is 0.408 e. The van der Waals surface area contributed by atoms with Gasteiger partial charge in [-0.1, -0.05) is 76.8 Å². The molecule has 2 aliphatic heterocycles. The molecule has 3 aliphatic rings. The van der Waals surface area contributed by atoms with Crippen LogP contribution in [-0.4, -0.2) is 114 Å². The third kappa shape index (κ3) is 11.5. The Balaban J connectivity index is 1.54. The zero-order chi connectivity index (χ0) is 41.7. The number of hydrogen-bond donors (Lipinski definition) is 4. The number of nitrogens with zero attached hydrogens (tertiary/aromatic N) is 2. The van der Waals surface area contributed by atoms with Crippen molar-refractivity contribution in [2.75, 3.05) is 27.2 Å². The number of alkyl carbamates (subject to hydrolysis) is 1. The van der Waals surface area contributed by atoms with E-state index < -0.39 is 94.9 Å². The molecule has 0 radical (unpaired) electrons. The fourth-order valence-electron chi connectivity index (χ4n) is 7.95. The highest BCUT2D eigenvalue weighted by Gasteiger charge is 2.57. The number of likely N-dealkylation sites (N-methyl/N-ethyl adjacent to an activating group) is 1. The second kappa shape index (κ2) is 17.7. The lowest BCUT2D eigenvalue weighted by Gasteiger charge is -2.37. The van der Waals surface area contributed by atoms with Crippen LogP contribution in [0.1, 0.15) is 106 Å². The Hall–Kier alpha value is -4.53. The molecule has 4 rings (SSSR count). The van der Waals surface area contributed by atoms with Crippen LogP contribution in [-0.2, 0) is 38.2 Å². The minimum Gasteiger partial charge on any atom is -0.444 e. The Kier molecular flexibility index (Phi) is 14.0. The van der Waals surface area contributed by atoms with Crippen LogP contribution < -0.4 is 21.3 Å². The second-order valence-electron chi connectivity index (χ2n) is 18.3. The maximum atomic E-state index is 14.5. The van der Waals surface area contributed by atoms with Gasteiger partial charge in [0.1, 0.15) is 23.7 Å². The van der Waals surface area contributed by atoms with Gasteiger partial charge in [0.25, 0.3) is 5.91 Å². The molecule has 1 aromatic carbocycles. The maximum absolute atomic E-state index is 14.5. The van der Waals surface area contributed by atoms with Gasteiger partial charge in [-0.2, -0.15) is 0 Å². The number of benzene rings is 1. The van der Waals surface area contributed by atoms with E-state index in [0.717, 1.165) is 25.7 Å². The van der Waals surface area contributed by atoms with Gasteiger partial charge < -0.3 is 40.5 Å². The number of carbonyl (C=O) groups is 7. The van der Waals surface area contributed by atoms with Gasteiger partial charge in [-0.15, -0.1) is 0 Å². The normalized spacial score (nSPS) is 22.2. The van der Waals surface area contributed by atoms with Crippen LogP contribution in [0.4, 0.5) is 4.79 Å². The minimum atomic E-state index is -1.23. The number of likely N-dealkylation sites (tertiary alicyclic amines) is 1. The highest BCUT2D eigenvalue weighted by molar-refractivity contribution is 6.38. The van der Waals surface area contributed by atoms with Crippen LogP contribution >= 0.6 is 0 Å². The van der Waals surface area contributed by atoms with Crippen molar-refractivity contribution in [3.8, 4) is 0 Å². The average molecular weight is 783 g/mol. The molecule has 1 aromatic rings. The van der Waals surface area contributed by atoms with Crippen LogP contribution in [0, 0.1) is 17.3 Å². The lowest BCUT2D eigenvalue weighted by atomic mass is 9.85. The molecule has 2 heterocycles. The highest BCUT2D eigenvalue weighted by atomic mass is 16.6. The molecule has 1 saturated carbocycles. The minimum absolute atomic E-state index is 0.0788. The summed E-state index contributed by atoms with van der Waals surface area (Å²) < 4.78 is 11.8. The predicted molar refractivity (Wildman–Crippen MR) is 208 cm³/mol. The fraction of sp³-hybridized carbons (Fsp3) is 0.683. The van der Waals surface area contributed by atoms with E-state index in [-0.39, 0.29) is 24.8 Å². The first-order chi connectivity index (χ1) is 26.0. The van der Waals surface area contributed by atoms with Gasteiger partial charge in [-0.3, -0.25) is 28.8 Å². The molecule has 6 atom stereocenters. The molecule has 3 fully saturated rings. The van der Waals surface area contributed by atoms with E-state index in [0.29, 0.717) is 12.0 Å². The van der Waals surface area contributed by atoms with Gasteiger partial charge in [0, 0.05) is 26.6 Å². The largest absolute Gasteiger partial charge is 0.444 e. The van der Waals surface area contributed by atoms with Crippen molar-refractivity contribution in [1.29, 1.82) is 0 Å². The number of carbonyl (C=O) groups excluding carboxylic acids is 7. The SMILES string of the molecule is CN(C)C(=O)[C@@H](NC(=O)CNC(=O)C(=O)C(CC1CCCC1)NC(=O)C1[C@H]2CC(C)(C)O[C@H]2CN1C(=O)[C@@H](NC(=O)OC(C)(C)C)C(C)(C)C)c1ccccc1. The van der Waals surface area contributed by atoms with Gasteiger partial charge in [0.2, 0.25) is 29.4 Å². The third-order valence-corrected chi connectivity index (χ3v) is 10.6. The molecule has 15 heteroatoms. The van der Waals surface area contributed by atoms with Crippen molar-refractivity contribution in [3.05, 3.63) is 35.9 Å². The van der Waals surface area contributed by atoms with Crippen molar-refractivity contribution in [2.45, 2.75) is 135 Å². The Bertz CT molecular complexity index is 1630. The summed E-state index contributed by atoms with van der Waals surface area (Å²) in [6.07, 6.45) is 2.99. The fourth-order valence-corrected chi connectivity index (χ4v) is 7.95. The summed E-state index contributed by atoms with van der Waals surface area (Å²) in [5.74, 6) is -4.48. The topological polar surface area (TPSA) is 193 Å². The molecule has 2 unspecified atom stereocenters. The van der Waals surface area contributed by atoms with Gasteiger partial charge >= 0.3 is 6.09 Å². The quantitative estimate of drug-likeness (QED) is 0.218. The number of rotatable bonds is 13. The van der Waals surface area contributed by atoms with E-state index in [2.05, 4.69) is 21.3 Å². The standard InChI is InChI=1S/C41H62N6O9/c1-39(2,3)33(45-38(54)56-40(4,5)6)37(53)47-23-28-26(21-41(7,8)55-28)31(47)34(50)43-27(20-24-16-14-15-17-24)32(49)35(51)42-22-29(48)44-30(36(52)46(9)10)25-18-12-11-13-19-25/h11-13,18-19,24,26-28,30-31,33H,14-17,20-23H2,1-10H3,(H,42,51)(H,43,50)(H,44,48)(H,45,54)/t26-,27?,28-,30-,31?,33+/m0/s1. The molecule has 6 amide bonds. The number of ether oxygens (including phenoxy) is 2. The Labute approximate surface area is 330 Å². The second-order valence-corrected chi connectivity index (χ2v) is 18.3. The molecule has 0 spiro atoms. The molecule has 1 aliphatic carbocycles. The lowest BCUT2D eigenvalue weighted by Crippen LogP contribution is -2.60. The highest BCUT2D eigenvalue weighted by Crippen LogP contribution is 2.43. The first kappa shape index (κ1) is 44.2. The van der Waals surface area contributed by atoms with E-state index >= 15 is 0 Å². The van der Waals surface area contributed by atoms with Crippen molar-refractivity contribution >= 4 is 41.4 Å². The van der Waals surface area contributed by atoms with E-state index in [9.17, 15) is 33.6 Å². The van der Waals surface area contributed by atoms with Crippen LogP contribution in [0.5, 0.6) is 0 Å². The van der Waals surface area contributed by atoms with Gasteiger partial charge in [-0.25, -0.2) is 4.79 Å². The van der Waals surface area contributed by atoms with Crippen molar-refractivity contribution in [3.63, 3.8) is 0 Å². The summed E-state index contributed by atoms with van der Waals surface area (Å²) in [4.78, 5) is 97.8. The summed E-state index contributed by atoms with van der Waals surface area (Å²) in [6, 6.07) is 4.29. The molecule has 56 heavy (non-hydrogen) atoms. The van der Waals surface area contributed by atoms with Crippen molar-refractivity contribution < 1.29 is 43.0 Å². The zero-order valence-electron chi connectivity index (χ0n) is 34.7. The summed E-state index contributed by atoms with van der Waals surface area (Å²) in [7, 11) is 3.13. The molecule has 310 valence electrons. The molecule has 15 nitrogen and oxygen atoms in total. The first-order valence-electron chi connectivity index (χ1n) is 19.6. The number of nitrogens with one attached hydrogen (secondary N) is 4. The van der Waals surface area contributed by atoms with Crippen molar-refractivity contribution in [1.82, 2.24) is 31.1 Å². The molecular weight excluding hydrogens is 720 g/mol. The lowest BCUT2D eigenvalue weighted by molar-refractivity contribution is -0.145. The molecule has 0 aromatic heterocycles. The number of hydrogen-bond acceptors (Lipinski definition) is 9. The Morgan fingerprint density at radius 1 is 0.929 bits per heavy atom. The van der Waals surface area contributed by atoms with Gasteiger partial charge in [-0.05, 0) is 64.4 Å². The molecular formula is C41H62N6O9. The van der Waals surface area contributed by atoms with Gasteiger partial charge in [0.15, 0.2) is 0 Å². The van der Waals surface area contributed by atoms with Crippen LogP contribution in [0.15, 0.2) is 30.3 Å². The van der Waals surface area contributed by atoms with Crippen molar-refractivity contribution in [2.24, 2.45) is 17.3 Å². The Morgan fingerprint density at radius 2 is 1.55 bits per heavy atom. The first-order valence-corrected chi connectivity index (χ1v) is 19.6. The third-order valence-electron chi connectivity index (χ3n) is 10.6. The smallest absolute Gasteiger partial charge is 0.408 e. The summed E-state index contributed by atoms with van der Waals surface area (Å²) >= 11 is 0.